The zero-order chi connectivity index (χ0) is 16.7. The maximum absolute atomic E-state index is 11.9. The van der Waals surface area contributed by atoms with Crippen LogP contribution in [0.15, 0.2) is 30.3 Å². The van der Waals surface area contributed by atoms with Crippen LogP contribution in [0.2, 0.25) is 0 Å². The van der Waals surface area contributed by atoms with E-state index in [4.69, 9.17) is 5.11 Å². The van der Waals surface area contributed by atoms with Gasteiger partial charge in [0.1, 0.15) is 0 Å². The molecule has 118 valence electrons. The Hall–Kier alpha value is -2.15. The van der Waals surface area contributed by atoms with Crippen LogP contribution in [-0.2, 0) is 21.6 Å². The summed E-state index contributed by atoms with van der Waals surface area (Å²) in [7, 11) is -1.58. The van der Waals surface area contributed by atoms with Crippen LogP contribution in [0.3, 0.4) is 0 Å². The summed E-state index contributed by atoms with van der Waals surface area (Å²) in [4.78, 5) is 11.0. The maximum Gasteiger partial charge on any atom is 0.356 e. The van der Waals surface area contributed by atoms with Crippen molar-refractivity contribution in [3.63, 3.8) is 0 Å². The van der Waals surface area contributed by atoms with E-state index in [0.29, 0.717) is 11.3 Å². The molecular weight excluding hydrogens is 304 g/mol. The molecule has 6 nitrogen and oxygen atoms in total. The van der Waals surface area contributed by atoms with Crippen LogP contribution < -0.4 is 0 Å². The van der Waals surface area contributed by atoms with E-state index in [1.807, 2.05) is 0 Å². The third-order valence-electron chi connectivity index (χ3n) is 3.90. The number of sulfone groups is 1. The Morgan fingerprint density at radius 3 is 2.18 bits per heavy atom. The van der Waals surface area contributed by atoms with Crippen LogP contribution in [0.25, 0.3) is 11.3 Å². The molecule has 1 N–H and O–H groups in total. The van der Waals surface area contributed by atoms with Crippen LogP contribution >= 0.6 is 0 Å². The first-order valence-corrected chi connectivity index (χ1v) is 8.51. The van der Waals surface area contributed by atoms with Gasteiger partial charge in [-0.25, -0.2) is 13.2 Å². The number of aromatic nitrogens is 2. The summed E-state index contributed by atoms with van der Waals surface area (Å²) in [6, 6.07) is 8.50. The molecule has 22 heavy (non-hydrogen) atoms. The fraction of sp³-hybridized carbons (Fsp3) is 0.333. The van der Waals surface area contributed by atoms with Crippen molar-refractivity contribution in [3.8, 4) is 11.3 Å². The predicted molar refractivity (Wildman–Crippen MR) is 83.5 cm³/mol. The topological polar surface area (TPSA) is 89.3 Å². The van der Waals surface area contributed by atoms with Crippen molar-refractivity contribution in [1.82, 2.24) is 9.78 Å². The van der Waals surface area contributed by atoms with Crippen molar-refractivity contribution in [2.45, 2.75) is 18.6 Å². The number of rotatable bonds is 4. The molecule has 0 saturated heterocycles. The Balaban J connectivity index is 2.44. The molecule has 1 heterocycles. The molecule has 0 saturated carbocycles. The van der Waals surface area contributed by atoms with E-state index in [0.717, 1.165) is 5.56 Å². The van der Waals surface area contributed by atoms with E-state index in [1.54, 1.807) is 45.2 Å². The highest BCUT2D eigenvalue weighted by atomic mass is 32.2. The first-order chi connectivity index (χ1) is 10.0. The van der Waals surface area contributed by atoms with Crippen molar-refractivity contribution < 1.29 is 18.3 Å². The van der Waals surface area contributed by atoms with Gasteiger partial charge < -0.3 is 5.11 Å². The minimum atomic E-state index is -3.24. The normalized spacial score (nSPS) is 12.4. The van der Waals surface area contributed by atoms with Gasteiger partial charge in [-0.2, -0.15) is 5.10 Å². The van der Waals surface area contributed by atoms with Gasteiger partial charge in [-0.15, -0.1) is 0 Å². The molecule has 0 aliphatic rings. The highest BCUT2D eigenvalue weighted by Gasteiger charge is 2.32. The van der Waals surface area contributed by atoms with E-state index in [9.17, 15) is 13.2 Å². The number of hydrogen-bond acceptors (Lipinski definition) is 4. The van der Waals surface area contributed by atoms with Crippen LogP contribution in [0.1, 0.15) is 29.9 Å². The standard InChI is InChI=1S/C15H18N2O4S/c1-15(2,22(4,20)21)11-7-5-10(6-8-11)13-9-12(14(18)19)16-17(13)3/h5-9H,1-4H3,(H,18,19). The third-order valence-corrected chi connectivity index (χ3v) is 5.99. The lowest BCUT2D eigenvalue weighted by Gasteiger charge is -2.23. The Morgan fingerprint density at radius 1 is 1.23 bits per heavy atom. The molecule has 2 aromatic rings. The largest absolute Gasteiger partial charge is 0.476 e. The average molecular weight is 322 g/mol. The number of carboxylic acid groups (broad SMARTS) is 1. The monoisotopic (exact) mass is 322 g/mol. The zero-order valence-electron chi connectivity index (χ0n) is 12.9. The van der Waals surface area contributed by atoms with Gasteiger partial charge in [0, 0.05) is 13.3 Å². The molecular formula is C15H18N2O4S. The van der Waals surface area contributed by atoms with Gasteiger partial charge in [0.15, 0.2) is 15.5 Å². The molecule has 1 aromatic heterocycles. The van der Waals surface area contributed by atoms with Crippen molar-refractivity contribution in [3.05, 3.63) is 41.6 Å². The van der Waals surface area contributed by atoms with Crippen molar-refractivity contribution in [2.24, 2.45) is 7.05 Å². The molecule has 0 aliphatic carbocycles. The summed E-state index contributed by atoms with van der Waals surface area (Å²) in [5.41, 5.74) is 2.08. The molecule has 7 heteroatoms. The predicted octanol–water partition coefficient (Wildman–Crippen LogP) is 2.07. The highest BCUT2D eigenvalue weighted by molar-refractivity contribution is 7.91. The molecule has 0 atom stereocenters. The number of aromatic carboxylic acids is 1. The van der Waals surface area contributed by atoms with Crippen molar-refractivity contribution >= 4 is 15.8 Å². The first-order valence-electron chi connectivity index (χ1n) is 6.62. The van der Waals surface area contributed by atoms with E-state index in [1.165, 1.54) is 17.0 Å². The lowest BCUT2D eigenvalue weighted by atomic mass is 10.00. The lowest BCUT2D eigenvalue weighted by Crippen LogP contribution is -2.27. The molecule has 0 aliphatic heterocycles. The molecule has 0 fully saturated rings. The van der Waals surface area contributed by atoms with Crippen LogP contribution in [0.5, 0.6) is 0 Å². The molecule has 0 bridgehead atoms. The maximum atomic E-state index is 11.9. The van der Waals surface area contributed by atoms with Gasteiger partial charge in [0.25, 0.3) is 0 Å². The van der Waals surface area contributed by atoms with Crippen LogP contribution in [0.4, 0.5) is 0 Å². The number of benzene rings is 1. The van der Waals surface area contributed by atoms with Gasteiger partial charge in [0.05, 0.1) is 10.4 Å². The first kappa shape index (κ1) is 16.2. The van der Waals surface area contributed by atoms with Crippen LogP contribution in [-0.4, -0.2) is 35.5 Å². The summed E-state index contributed by atoms with van der Waals surface area (Å²) in [6.07, 6.45) is 1.21. The number of carbonyl (C=O) groups is 1. The Morgan fingerprint density at radius 2 is 1.77 bits per heavy atom. The fourth-order valence-electron chi connectivity index (χ4n) is 2.10. The second-order valence-electron chi connectivity index (χ2n) is 5.70. The summed E-state index contributed by atoms with van der Waals surface area (Å²) >= 11 is 0. The summed E-state index contributed by atoms with van der Waals surface area (Å²) < 4.78 is 24.2. The smallest absolute Gasteiger partial charge is 0.356 e. The number of carboxylic acids is 1. The van der Waals surface area contributed by atoms with E-state index < -0.39 is 20.6 Å². The Bertz CT molecular complexity index is 818. The number of nitrogens with zero attached hydrogens (tertiary/aromatic N) is 2. The number of hydrogen-bond donors (Lipinski definition) is 1. The van der Waals surface area contributed by atoms with Gasteiger partial charge in [-0.3, -0.25) is 4.68 Å². The molecule has 0 radical (unpaired) electrons. The Labute approximate surface area is 129 Å². The molecule has 2 rings (SSSR count). The molecule has 0 spiro atoms. The van der Waals surface area contributed by atoms with Gasteiger partial charge >= 0.3 is 5.97 Å². The molecule has 0 amide bonds. The average Bonchev–Trinajstić information content (AvgIpc) is 2.80. The molecule has 0 unspecified atom stereocenters. The second-order valence-corrected chi connectivity index (χ2v) is 8.27. The van der Waals surface area contributed by atoms with Gasteiger partial charge in [0.2, 0.25) is 0 Å². The highest BCUT2D eigenvalue weighted by Crippen LogP contribution is 2.30. The second kappa shape index (κ2) is 5.24. The van der Waals surface area contributed by atoms with Crippen molar-refractivity contribution in [2.75, 3.05) is 6.26 Å². The summed E-state index contributed by atoms with van der Waals surface area (Å²) in [6.45, 7) is 3.31. The van der Waals surface area contributed by atoms with Gasteiger partial charge in [-0.1, -0.05) is 24.3 Å². The fourth-order valence-corrected chi connectivity index (χ4v) is 2.66. The minimum Gasteiger partial charge on any atom is -0.476 e. The summed E-state index contributed by atoms with van der Waals surface area (Å²) in [5, 5.41) is 12.9. The minimum absolute atomic E-state index is 0.0296. The lowest BCUT2D eigenvalue weighted by molar-refractivity contribution is 0.0689. The molecule has 1 aromatic carbocycles. The summed E-state index contributed by atoms with van der Waals surface area (Å²) in [5.74, 6) is -1.09. The van der Waals surface area contributed by atoms with E-state index in [2.05, 4.69) is 5.10 Å². The van der Waals surface area contributed by atoms with Gasteiger partial charge in [-0.05, 0) is 31.0 Å². The van der Waals surface area contributed by atoms with Crippen LogP contribution in [0, 0.1) is 0 Å². The zero-order valence-corrected chi connectivity index (χ0v) is 13.7. The number of aryl methyl sites for hydroxylation is 1. The van der Waals surface area contributed by atoms with E-state index >= 15 is 0 Å². The van der Waals surface area contributed by atoms with Crippen molar-refractivity contribution in [1.29, 1.82) is 0 Å². The SMILES string of the molecule is Cn1nc(C(=O)O)cc1-c1ccc(C(C)(C)S(C)(=O)=O)cc1. The van der Waals surface area contributed by atoms with E-state index in [-0.39, 0.29) is 5.69 Å². The third kappa shape index (κ3) is 2.76. The quantitative estimate of drug-likeness (QED) is 0.930. The Kier molecular flexibility index (Phi) is 3.87.